The molecule has 1 aromatic heterocycles. The number of carbonyl (C=O) groups excluding carboxylic acids is 1. The number of carboxylic acid groups (broad SMARTS) is 1. The highest BCUT2D eigenvalue weighted by Crippen LogP contribution is 2.22. The molecule has 2 rings (SSSR count). The minimum Gasteiger partial charge on any atom is -0.481 e. The molecule has 0 saturated carbocycles. The molecular formula is C14H16N4O3. The number of carboxylic acids is 1. The Bertz CT molecular complexity index is 650. The Morgan fingerprint density at radius 3 is 2.76 bits per heavy atom. The van der Waals surface area contributed by atoms with Crippen LogP contribution in [0.2, 0.25) is 0 Å². The number of nitrogens with zero attached hydrogens (tertiary/aromatic N) is 3. The van der Waals surface area contributed by atoms with Crippen molar-refractivity contribution in [2.75, 3.05) is 5.32 Å². The number of carbonyl (C=O) groups is 2. The highest BCUT2D eigenvalue weighted by Gasteiger charge is 2.30. The fraction of sp³-hybridized carbons (Fsp3) is 0.286. The molecule has 110 valence electrons. The van der Waals surface area contributed by atoms with E-state index in [0.717, 1.165) is 5.69 Å². The highest BCUT2D eigenvalue weighted by molar-refractivity contribution is 5.94. The maximum Gasteiger partial charge on any atom is 0.309 e. The zero-order valence-electron chi connectivity index (χ0n) is 11.8. The highest BCUT2D eigenvalue weighted by atomic mass is 16.4. The molecule has 0 aliphatic heterocycles. The van der Waals surface area contributed by atoms with Crippen LogP contribution in [-0.4, -0.2) is 32.0 Å². The van der Waals surface area contributed by atoms with E-state index in [0.29, 0.717) is 5.69 Å². The van der Waals surface area contributed by atoms with Crippen molar-refractivity contribution in [3.05, 3.63) is 36.7 Å². The zero-order chi connectivity index (χ0) is 15.5. The second kappa shape index (κ2) is 5.74. The second-order valence-corrected chi connectivity index (χ2v) is 5.31. The summed E-state index contributed by atoms with van der Waals surface area (Å²) in [6.07, 6.45) is 3.14. The van der Waals surface area contributed by atoms with E-state index in [1.807, 2.05) is 6.07 Å². The van der Waals surface area contributed by atoms with E-state index in [2.05, 4.69) is 15.6 Å². The molecule has 7 heteroatoms. The molecule has 1 aromatic carbocycles. The van der Waals surface area contributed by atoms with Crippen LogP contribution in [-0.2, 0) is 9.59 Å². The SMILES string of the molecule is CC(C)(CC(=O)Nc1cccc(-n2ccnn2)c1)C(=O)O. The maximum absolute atomic E-state index is 11.9. The summed E-state index contributed by atoms with van der Waals surface area (Å²) in [4.78, 5) is 22.9. The van der Waals surface area contributed by atoms with Gasteiger partial charge in [0.2, 0.25) is 5.91 Å². The first kappa shape index (κ1) is 14.7. The van der Waals surface area contributed by atoms with Crippen molar-refractivity contribution in [3.63, 3.8) is 0 Å². The first-order valence-electron chi connectivity index (χ1n) is 6.38. The van der Waals surface area contributed by atoms with Crippen LogP contribution in [0.4, 0.5) is 5.69 Å². The second-order valence-electron chi connectivity index (χ2n) is 5.31. The van der Waals surface area contributed by atoms with Crippen molar-refractivity contribution in [2.24, 2.45) is 5.41 Å². The average Bonchev–Trinajstić information content (AvgIpc) is 2.91. The fourth-order valence-electron chi connectivity index (χ4n) is 1.75. The lowest BCUT2D eigenvalue weighted by molar-refractivity contribution is -0.148. The van der Waals surface area contributed by atoms with Crippen molar-refractivity contribution >= 4 is 17.6 Å². The molecule has 21 heavy (non-hydrogen) atoms. The smallest absolute Gasteiger partial charge is 0.309 e. The molecule has 7 nitrogen and oxygen atoms in total. The number of hydrogen-bond acceptors (Lipinski definition) is 4. The number of benzene rings is 1. The van der Waals surface area contributed by atoms with Crippen LogP contribution in [0.1, 0.15) is 20.3 Å². The monoisotopic (exact) mass is 288 g/mol. The summed E-state index contributed by atoms with van der Waals surface area (Å²) in [5.74, 6) is -1.35. The predicted molar refractivity (Wildman–Crippen MR) is 76.0 cm³/mol. The summed E-state index contributed by atoms with van der Waals surface area (Å²) >= 11 is 0. The van der Waals surface area contributed by atoms with Crippen LogP contribution >= 0.6 is 0 Å². The number of hydrogen-bond donors (Lipinski definition) is 2. The summed E-state index contributed by atoms with van der Waals surface area (Å²) in [6.45, 7) is 3.03. The molecule has 0 aliphatic rings. The maximum atomic E-state index is 11.9. The Morgan fingerprint density at radius 2 is 2.14 bits per heavy atom. The molecule has 0 aliphatic carbocycles. The summed E-state index contributed by atoms with van der Waals surface area (Å²) < 4.78 is 1.57. The largest absolute Gasteiger partial charge is 0.481 e. The molecule has 2 aromatic rings. The lowest BCUT2D eigenvalue weighted by Crippen LogP contribution is -2.29. The van der Waals surface area contributed by atoms with Crippen molar-refractivity contribution < 1.29 is 14.7 Å². The number of amides is 1. The van der Waals surface area contributed by atoms with E-state index in [1.165, 1.54) is 13.8 Å². The van der Waals surface area contributed by atoms with Gasteiger partial charge in [0.25, 0.3) is 0 Å². The lowest BCUT2D eigenvalue weighted by Gasteiger charge is -2.18. The molecule has 0 spiro atoms. The molecule has 0 unspecified atom stereocenters. The van der Waals surface area contributed by atoms with Crippen LogP contribution in [0.25, 0.3) is 5.69 Å². The Morgan fingerprint density at radius 1 is 1.38 bits per heavy atom. The van der Waals surface area contributed by atoms with Crippen molar-refractivity contribution in [2.45, 2.75) is 20.3 Å². The van der Waals surface area contributed by atoms with Gasteiger partial charge in [-0.05, 0) is 32.0 Å². The molecule has 1 amide bonds. The van der Waals surface area contributed by atoms with E-state index in [-0.39, 0.29) is 12.3 Å². The van der Waals surface area contributed by atoms with Gasteiger partial charge in [-0.1, -0.05) is 11.3 Å². The van der Waals surface area contributed by atoms with Gasteiger partial charge < -0.3 is 10.4 Å². The molecular weight excluding hydrogens is 272 g/mol. The van der Waals surface area contributed by atoms with E-state index in [9.17, 15) is 9.59 Å². The standard InChI is InChI=1S/C14H16N4O3/c1-14(2,13(20)21)9-12(19)16-10-4-3-5-11(8-10)18-7-6-15-17-18/h3-8H,9H2,1-2H3,(H,16,19)(H,20,21). The minimum atomic E-state index is -1.10. The van der Waals surface area contributed by atoms with Crippen molar-refractivity contribution in [1.29, 1.82) is 0 Å². The van der Waals surface area contributed by atoms with Gasteiger partial charge in [-0.2, -0.15) is 0 Å². The van der Waals surface area contributed by atoms with Gasteiger partial charge in [0.15, 0.2) is 0 Å². The van der Waals surface area contributed by atoms with Gasteiger partial charge in [-0.15, -0.1) is 5.10 Å². The number of rotatable bonds is 5. The summed E-state index contributed by atoms with van der Waals surface area (Å²) in [6, 6.07) is 7.06. The van der Waals surface area contributed by atoms with Gasteiger partial charge in [0, 0.05) is 12.1 Å². The third-order valence-corrected chi connectivity index (χ3v) is 3.00. The molecule has 0 bridgehead atoms. The lowest BCUT2D eigenvalue weighted by atomic mass is 9.89. The van der Waals surface area contributed by atoms with Crippen LogP contribution < -0.4 is 5.32 Å². The number of nitrogens with one attached hydrogen (secondary N) is 1. The third-order valence-electron chi connectivity index (χ3n) is 3.00. The Balaban J connectivity index is 2.08. The fourth-order valence-corrected chi connectivity index (χ4v) is 1.75. The topological polar surface area (TPSA) is 97.1 Å². The van der Waals surface area contributed by atoms with Crippen molar-refractivity contribution in [1.82, 2.24) is 15.0 Å². The van der Waals surface area contributed by atoms with Gasteiger partial charge in [-0.25, -0.2) is 4.68 Å². The zero-order valence-corrected chi connectivity index (χ0v) is 11.8. The Labute approximate surface area is 121 Å². The molecule has 0 fully saturated rings. The van der Waals surface area contributed by atoms with Crippen LogP contribution in [0.3, 0.4) is 0 Å². The first-order valence-corrected chi connectivity index (χ1v) is 6.38. The molecule has 2 N–H and O–H groups in total. The van der Waals surface area contributed by atoms with Gasteiger partial charge >= 0.3 is 5.97 Å². The van der Waals surface area contributed by atoms with E-state index in [4.69, 9.17) is 5.11 Å². The van der Waals surface area contributed by atoms with E-state index in [1.54, 1.807) is 35.3 Å². The predicted octanol–water partition coefficient (Wildman–Crippen LogP) is 1.71. The van der Waals surface area contributed by atoms with Crippen LogP contribution in [0.5, 0.6) is 0 Å². The summed E-state index contributed by atoms with van der Waals surface area (Å²) in [5, 5.41) is 19.3. The van der Waals surface area contributed by atoms with Crippen molar-refractivity contribution in [3.8, 4) is 5.69 Å². The van der Waals surface area contributed by atoms with Crippen LogP contribution in [0, 0.1) is 5.41 Å². The summed E-state index contributed by atoms with van der Waals surface area (Å²) in [7, 11) is 0. The molecule has 0 radical (unpaired) electrons. The molecule has 0 atom stereocenters. The quantitative estimate of drug-likeness (QED) is 0.872. The van der Waals surface area contributed by atoms with Gasteiger partial charge in [0.1, 0.15) is 0 Å². The normalized spacial score (nSPS) is 11.1. The number of aliphatic carboxylic acids is 1. The first-order chi connectivity index (χ1) is 9.88. The minimum absolute atomic E-state index is 0.101. The summed E-state index contributed by atoms with van der Waals surface area (Å²) in [5.41, 5.74) is 0.227. The Hall–Kier alpha value is -2.70. The Kier molecular flexibility index (Phi) is 4.02. The van der Waals surface area contributed by atoms with Gasteiger partial charge in [-0.3, -0.25) is 9.59 Å². The van der Waals surface area contributed by atoms with E-state index < -0.39 is 11.4 Å². The number of aromatic nitrogens is 3. The molecule has 0 saturated heterocycles. The average molecular weight is 288 g/mol. The van der Waals surface area contributed by atoms with Crippen LogP contribution in [0.15, 0.2) is 36.7 Å². The van der Waals surface area contributed by atoms with E-state index >= 15 is 0 Å². The molecule has 1 heterocycles. The third kappa shape index (κ3) is 3.65. The van der Waals surface area contributed by atoms with Gasteiger partial charge in [0.05, 0.1) is 23.5 Å². The number of anilines is 1.